The van der Waals surface area contributed by atoms with Gasteiger partial charge in [-0.1, -0.05) is 38.1 Å². The number of hydrogen-bond donors (Lipinski definition) is 1. The number of nitrogens with zero attached hydrogens (tertiary/aromatic N) is 1. The van der Waals surface area contributed by atoms with Crippen molar-refractivity contribution in [2.75, 3.05) is 7.11 Å². The standard InChI is InChI=1S/C22H20N2O5S/c1-12(2)13-4-6-14(7-5-13)16-11-30-19-18(16)20(25)24(22(27)23-19)10-15-8-9-17(29-15)21(26)28-3/h4-9,11-12H,10H2,1-3H3,(H,23,27). The van der Waals surface area contributed by atoms with Crippen molar-refractivity contribution in [1.29, 1.82) is 0 Å². The summed E-state index contributed by atoms with van der Waals surface area (Å²) in [5, 5.41) is 2.33. The van der Waals surface area contributed by atoms with E-state index in [0.717, 1.165) is 15.7 Å². The van der Waals surface area contributed by atoms with E-state index in [4.69, 9.17) is 4.42 Å². The lowest BCUT2D eigenvalue weighted by Crippen LogP contribution is -2.35. The summed E-state index contributed by atoms with van der Waals surface area (Å²) in [6.07, 6.45) is 0. The van der Waals surface area contributed by atoms with E-state index in [9.17, 15) is 14.4 Å². The van der Waals surface area contributed by atoms with Crippen molar-refractivity contribution in [1.82, 2.24) is 9.55 Å². The lowest BCUT2D eigenvalue weighted by Gasteiger charge is -2.07. The zero-order valence-corrected chi connectivity index (χ0v) is 17.5. The van der Waals surface area contributed by atoms with Crippen molar-refractivity contribution in [3.05, 3.63) is 79.7 Å². The number of carbonyl (C=O) groups excluding carboxylic acids is 1. The van der Waals surface area contributed by atoms with Crippen LogP contribution in [0.5, 0.6) is 0 Å². The third kappa shape index (κ3) is 3.50. The van der Waals surface area contributed by atoms with E-state index in [1.807, 2.05) is 29.6 Å². The Balaban J connectivity index is 1.78. The highest BCUT2D eigenvalue weighted by molar-refractivity contribution is 7.17. The van der Waals surface area contributed by atoms with Gasteiger partial charge in [-0.25, -0.2) is 9.59 Å². The molecule has 0 fully saturated rings. The molecular formula is C22H20N2O5S. The molecule has 0 saturated heterocycles. The summed E-state index contributed by atoms with van der Waals surface area (Å²) < 4.78 is 11.1. The first kappa shape index (κ1) is 19.9. The molecule has 0 spiro atoms. The number of esters is 1. The van der Waals surface area contributed by atoms with Gasteiger partial charge >= 0.3 is 11.7 Å². The molecule has 1 aromatic carbocycles. The molecule has 4 rings (SSSR count). The second-order valence-corrected chi connectivity index (χ2v) is 8.09. The quantitative estimate of drug-likeness (QED) is 0.489. The van der Waals surface area contributed by atoms with Crippen LogP contribution < -0.4 is 11.2 Å². The minimum atomic E-state index is -0.622. The highest BCUT2D eigenvalue weighted by Gasteiger charge is 2.17. The molecule has 0 unspecified atom stereocenters. The Kier molecular flexibility index (Phi) is 5.17. The van der Waals surface area contributed by atoms with Gasteiger partial charge in [-0.3, -0.25) is 14.3 Å². The summed E-state index contributed by atoms with van der Waals surface area (Å²) in [6.45, 7) is 4.15. The Hall–Kier alpha value is -3.39. The molecule has 0 bridgehead atoms. The fraction of sp³-hybridized carbons (Fsp3) is 0.227. The van der Waals surface area contributed by atoms with Gasteiger partial charge in [0.25, 0.3) is 5.56 Å². The van der Waals surface area contributed by atoms with E-state index >= 15 is 0 Å². The number of carbonyl (C=O) groups is 1. The minimum Gasteiger partial charge on any atom is -0.463 e. The summed E-state index contributed by atoms with van der Waals surface area (Å²) in [4.78, 5) is 40.6. The fourth-order valence-corrected chi connectivity index (χ4v) is 4.24. The summed E-state index contributed by atoms with van der Waals surface area (Å²) in [6, 6.07) is 11.1. The summed E-state index contributed by atoms with van der Waals surface area (Å²) in [7, 11) is 1.25. The van der Waals surface area contributed by atoms with Crippen LogP contribution in [0.4, 0.5) is 0 Å². The van der Waals surface area contributed by atoms with Crippen molar-refractivity contribution < 1.29 is 13.9 Å². The van der Waals surface area contributed by atoms with Crippen LogP contribution in [0.1, 0.15) is 41.6 Å². The van der Waals surface area contributed by atoms with E-state index in [1.54, 1.807) is 6.07 Å². The average Bonchev–Trinajstić information content (AvgIpc) is 3.38. The molecule has 3 aromatic heterocycles. The van der Waals surface area contributed by atoms with Gasteiger partial charge in [0.2, 0.25) is 5.76 Å². The molecule has 3 heterocycles. The number of nitrogens with one attached hydrogen (secondary N) is 1. The number of ether oxygens (including phenoxy) is 1. The normalized spacial score (nSPS) is 11.3. The Labute approximate surface area is 175 Å². The maximum absolute atomic E-state index is 13.2. The van der Waals surface area contributed by atoms with Gasteiger partial charge in [0.15, 0.2) is 0 Å². The molecule has 0 aliphatic rings. The maximum Gasteiger partial charge on any atom is 0.373 e. The third-order valence-corrected chi connectivity index (χ3v) is 5.86. The van der Waals surface area contributed by atoms with E-state index in [2.05, 4.69) is 23.6 Å². The van der Waals surface area contributed by atoms with Gasteiger partial charge in [0.05, 0.1) is 19.0 Å². The molecule has 0 radical (unpaired) electrons. The van der Waals surface area contributed by atoms with Gasteiger partial charge in [-0.15, -0.1) is 11.3 Å². The van der Waals surface area contributed by atoms with Gasteiger partial charge in [0, 0.05) is 10.9 Å². The highest BCUT2D eigenvalue weighted by atomic mass is 32.1. The predicted molar refractivity (Wildman–Crippen MR) is 115 cm³/mol. The topological polar surface area (TPSA) is 94.3 Å². The largest absolute Gasteiger partial charge is 0.463 e. The van der Waals surface area contributed by atoms with Crippen molar-refractivity contribution in [2.24, 2.45) is 0 Å². The van der Waals surface area contributed by atoms with Crippen LogP contribution in [0.25, 0.3) is 21.3 Å². The SMILES string of the molecule is COC(=O)c1ccc(Cn2c(=O)[nH]c3scc(-c4ccc(C(C)C)cc4)c3c2=O)o1. The van der Waals surface area contributed by atoms with Crippen molar-refractivity contribution in [3.8, 4) is 11.1 Å². The van der Waals surface area contributed by atoms with Gasteiger partial charge in [-0.05, 0) is 29.2 Å². The van der Waals surface area contributed by atoms with Crippen LogP contribution in [0, 0.1) is 0 Å². The Morgan fingerprint density at radius 3 is 2.57 bits per heavy atom. The number of methoxy groups -OCH3 is 1. The summed E-state index contributed by atoms with van der Waals surface area (Å²) >= 11 is 1.32. The molecular weight excluding hydrogens is 404 g/mol. The van der Waals surface area contributed by atoms with Gasteiger partial charge in [0.1, 0.15) is 10.6 Å². The van der Waals surface area contributed by atoms with Crippen LogP contribution >= 0.6 is 11.3 Å². The summed E-state index contributed by atoms with van der Waals surface area (Å²) in [5.74, 6) is 0.109. The molecule has 4 aromatic rings. The molecule has 0 amide bonds. The first-order valence-corrected chi connectivity index (χ1v) is 10.3. The molecule has 8 heteroatoms. The van der Waals surface area contributed by atoms with Crippen LogP contribution in [0.3, 0.4) is 0 Å². The molecule has 154 valence electrons. The highest BCUT2D eigenvalue weighted by Crippen LogP contribution is 2.31. The number of aromatic amines is 1. The van der Waals surface area contributed by atoms with Crippen LogP contribution in [-0.4, -0.2) is 22.6 Å². The monoisotopic (exact) mass is 424 g/mol. The minimum absolute atomic E-state index is 0.0134. The molecule has 0 atom stereocenters. The number of benzene rings is 1. The van der Waals surface area contributed by atoms with Crippen molar-refractivity contribution >= 4 is 27.5 Å². The van der Waals surface area contributed by atoms with Crippen LogP contribution in [0.2, 0.25) is 0 Å². The number of furan rings is 1. The lowest BCUT2D eigenvalue weighted by atomic mass is 9.99. The van der Waals surface area contributed by atoms with E-state index in [1.165, 1.54) is 30.1 Å². The Morgan fingerprint density at radius 1 is 1.17 bits per heavy atom. The smallest absolute Gasteiger partial charge is 0.373 e. The second-order valence-electron chi connectivity index (χ2n) is 7.21. The molecule has 0 saturated carbocycles. The van der Waals surface area contributed by atoms with E-state index in [0.29, 0.717) is 21.9 Å². The predicted octanol–water partition coefficient (Wildman–Crippen LogP) is 3.97. The first-order chi connectivity index (χ1) is 14.4. The Morgan fingerprint density at radius 2 is 1.90 bits per heavy atom. The fourth-order valence-electron chi connectivity index (χ4n) is 3.29. The number of aromatic nitrogens is 2. The van der Waals surface area contributed by atoms with E-state index in [-0.39, 0.29) is 12.3 Å². The third-order valence-electron chi connectivity index (χ3n) is 4.97. The Bertz CT molecular complexity index is 1340. The first-order valence-electron chi connectivity index (χ1n) is 9.40. The average molecular weight is 424 g/mol. The number of hydrogen-bond acceptors (Lipinski definition) is 6. The van der Waals surface area contributed by atoms with Gasteiger partial charge in [-0.2, -0.15) is 0 Å². The van der Waals surface area contributed by atoms with Crippen LogP contribution in [0.15, 0.2) is 55.8 Å². The van der Waals surface area contributed by atoms with Crippen molar-refractivity contribution in [2.45, 2.75) is 26.3 Å². The maximum atomic E-state index is 13.2. The molecule has 0 aliphatic carbocycles. The van der Waals surface area contributed by atoms with Crippen molar-refractivity contribution in [3.63, 3.8) is 0 Å². The number of fused-ring (bicyclic) bond motifs is 1. The lowest BCUT2D eigenvalue weighted by molar-refractivity contribution is 0.0563. The summed E-state index contributed by atoms with van der Waals surface area (Å²) in [5.41, 5.74) is 1.95. The molecule has 0 aliphatic heterocycles. The zero-order chi connectivity index (χ0) is 21.4. The van der Waals surface area contributed by atoms with E-state index < -0.39 is 17.2 Å². The second kappa shape index (κ2) is 7.79. The molecule has 30 heavy (non-hydrogen) atoms. The van der Waals surface area contributed by atoms with Gasteiger partial charge < -0.3 is 9.15 Å². The number of H-pyrrole nitrogens is 1. The number of thiophene rings is 1. The molecule has 7 nitrogen and oxygen atoms in total. The van der Waals surface area contributed by atoms with Crippen LogP contribution in [-0.2, 0) is 11.3 Å². The number of rotatable bonds is 5. The molecule has 1 N–H and O–H groups in total. The zero-order valence-electron chi connectivity index (χ0n) is 16.7.